The van der Waals surface area contributed by atoms with Gasteiger partial charge >= 0.3 is 0 Å². The van der Waals surface area contributed by atoms with Crippen LogP contribution in [0.25, 0.3) is 0 Å². The molecule has 0 aromatic heterocycles. The number of hydrogen-bond donors (Lipinski definition) is 1. The lowest BCUT2D eigenvalue weighted by Crippen LogP contribution is -2.35. The smallest absolute Gasteiger partial charge is 0.150 e. The third-order valence-electron chi connectivity index (χ3n) is 2.70. The Balaban J connectivity index is 2.54. The zero-order valence-electron chi connectivity index (χ0n) is 8.50. The number of rotatable bonds is 3. The third kappa shape index (κ3) is 3.53. The summed E-state index contributed by atoms with van der Waals surface area (Å²) in [7, 11) is -2.92. The molecule has 0 saturated carbocycles. The van der Waals surface area contributed by atoms with E-state index >= 15 is 0 Å². The van der Waals surface area contributed by atoms with Gasteiger partial charge in [0.2, 0.25) is 0 Å². The van der Waals surface area contributed by atoms with Gasteiger partial charge in [-0.15, -0.1) is 0 Å². The molecule has 84 valence electrons. The second kappa shape index (κ2) is 4.14. The van der Waals surface area contributed by atoms with Crippen LogP contribution in [0.1, 0.15) is 26.2 Å². The number of hydrogen-bond acceptors (Lipinski definition) is 3. The van der Waals surface area contributed by atoms with Crippen molar-refractivity contribution in [2.24, 2.45) is 11.7 Å². The SMILES string of the molecule is CC(F)(CN)CC1CCCS(=O)(=O)C1. The predicted octanol–water partition coefficient (Wildman–Crippen LogP) is 0.888. The first kappa shape index (κ1) is 11.9. The van der Waals surface area contributed by atoms with Crippen LogP contribution in [-0.2, 0) is 9.84 Å². The molecular weight excluding hydrogens is 205 g/mol. The van der Waals surface area contributed by atoms with Gasteiger partial charge in [-0.05, 0) is 32.1 Å². The summed E-state index contributed by atoms with van der Waals surface area (Å²) in [5.74, 6) is 0.342. The van der Waals surface area contributed by atoms with E-state index in [1.165, 1.54) is 6.92 Å². The molecule has 1 heterocycles. The van der Waals surface area contributed by atoms with E-state index in [0.29, 0.717) is 6.42 Å². The monoisotopic (exact) mass is 223 g/mol. The average molecular weight is 223 g/mol. The lowest BCUT2D eigenvalue weighted by molar-refractivity contribution is 0.155. The summed E-state index contributed by atoms with van der Waals surface area (Å²) in [6, 6.07) is 0. The van der Waals surface area contributed by atoms with Gasteiger partial charge in [-0.2, -0.15) is 0 Å². The second-order valence-electron chi connectivity index (χ2n) is 4.44. The van der Waals surface area contributed by atoms with E-state index < -0.39 is 15.5 Å². The quantitative estimate of drug-likeness (QED) is 0.773. The molecule has 0 amide bonds. The molecule has 0 aromatic carbocycles. The van der Waals surface area contributed by atoms with Gasteiger partial charge < -0.3 is 5.73 Å². The zero-order valence-corrected chi connectivity index (χ0v) is 9.32. The first-order chi connectivity index (χ1) is 6.35. The molecule has 0 spiro atoms. The lowest BCUT2D eigenvalue weighted by Gasteiger charge is -2.27. The summed E-state index contributed by atoms with van der Waals surface area (Å²) in [6.07, 6.45) is 1.73. The summed E-state index contributed by atoms with van der Waals surface area (Å²) in [4.78, 5) is 0. The van der Waals surface area contributed by atoms with Crippen molar-refractivity contribution in [2.45, 2.75) is 31.9 Å². The van der Waals surface area contributed by atoms with E-state index in [1.807, 2.05) is 0 Å². The van der Waals surface area contributed by atoms with Crippen LogP contribution in [0.5, 0.6) is 0 Å². The Hall–Kier alpha value is -0.160. The van der Waals surface area contributed by atoms with Gasteiger partial charge in [0, 0.05) is 6.54 Å². The van der Waals surface area contributed by atoms with Crippen molar-refractivity contribution in [3.63, 3.8) is 0 Å². The molecule has 0 bridgehead atoms. The molecule has 1 rings (SSSR count). The Morgan fingerprint density at radius 3 is 2.71 bits per heavy atom. The fourth-order valence-corrected chi connectivity index (χ4v) is 3.74. The van der Waals surface area contributed by atoms with Crippen molar-refractivity contribution < 1.29 is 12.8 Å². The maximum absolute atomic E-state index is 13.5. The predicted molar refractivity (Wildman–Crippen MR) is 54.6 cm³/mol. The molecule has 1 aliphatic rings. The first-order valence-electron chi connectivity index (χ1n) is 4.94. The van der Waals surface area contributed by atoms with Crippen LogP contribution < -0.4 is 5.73 Å². The van der Waals surface area contributed by atoms with Gasteiger partial charge in [0.1, 0.15) is 5.67 Å². The van der Waals surface area contributed by atoms with E-state index in [9.17, 15) is 12.8 Å². The maximum atomic E-state index is 13.5. The van der Waals surface area contributed by atoms with Crippen LogP contribution in [-0.4, -0.2) is 32.1 Å². The van der Waals surface area contributed by atoms with Crippen LogP contribution in [0.2, 0.25) is 0 Å². The minimum absolute atomic E-state index is 0.0381. The molecule has 2 unspecified atom stereocenters. The largest absolute Gasteiger partial charge is 0.328 e. The van der Waals surface area contributed by atoms with Crippen molar-refractivity contribution in [2.75, 3.05) is 18.1 Å². The molecule has 14 heavy (non-hydrogen) atoms. The number of halogens is 1. The molecule has 5 heteroatoms. The summed E-state index contributed by atoms with van der Waals surface area (Å²) < 4.78 is 36.1. The van der Waals surface area contributed by atoms with Crippen LogP contribution in [0.15, 0.2) is 0 Å². The van der Waals surface area contributed by atoms with Crippen LogP contribution >= 0.6 is 0 Å². The van der Waals surface area contributed by atoms with Crippen molar-refractivity contribution in [1.82, 2.24) is 0 Å². The third-order valence-corrected chi connectivity index (χ3v) is 4.59. The van der Waals surface area contributed by atoms with Crippen LogP contribution in [0.4, 0.5) is 4.39 Å². The molecule has 0 aromatic rings. The summed E-state index contributed by atoms with van der Waals surface area (Å²) in [6.45, 7) is 1.40. The second-order valence-corrected chi connectivity index (χ2v) is 6.67. The summed E-state index contributed by atoms with van der Waals surface area (Å²) in [5.41, 5.74) is 3.85. The molecule has 1 saturated heterocycles. The number of sulfone groups is 1. The highest BCUT2D eigenvalue weighted by Crippen LogP contribution is 2.28. The van der Waals surface area contributed by atoms with Crippen LogP contribution in [0.3, 0.4) is 0 Å². The standard InChI is InChI=1S/C9H18FNO2S/c1-9(10,7-11)5-8-3-2-4-14(12,13)6-8/h8H,2-7,11H2,1H3. The highest BCUT2D eigenvalue weighted by Gasteiger charge is 2.31. The van der Waals surface area contributed by atoms with E-state index in [4.69, 9.17) is 5.73 Å². The lowest BCUT2D eigenvalue weighted by atomic mass is 9.91. The van der Waals surface area contributed by atoms with Gasteiger partial charge in [-0.25, -0.2) is 12.8 Å². The van der Waals surface area contributed by atoms with Gasteiger partial charge in [-0.1, -0.05) is 0 Å². The number of nitrogens with two attached hydrogens (primary N) is 1. The van der Waals surface area contributed by atoms with E-state index in [-0.39, 0.29) is 30.4 Å². The molecule has 2 atom stereocenters. The fraction of sp³-hybridized carbons (Fsp3) is 1.00. The summed E-state index contributed by atoms with van der Waals surface area (Å²) >= 11 is 0. The molecule has 1 aliphatic heterocycles. The maximum Gasteiger partial charge on any atom is 0.150 e. The van der Waals surface area contributed by atoms with Gasteiger partial charge in [-0.3, -0.25) is 0 Å². The molecular formula is C9H18FNO2S. The Morgan fingerprint density at radius 2 is 2.21 bits per heavy atom. The average Bonchev–Trinajstić information content (AvgIpc) is 2.01. The Labute approximate surface area is 84.8 Å². The minimum Gasteiger partial charge on any atom is -0.328 e. The molecule has 2 N–H and O–H groups in total. The molecule has 3 nitrogen and oxygen atoms in total. The zero-order chi connectivity index (χ0) is 10.8. The summed E-state index contributed by atoms with van der Waals surface area (Å²) in [5, 5.41) is 0. The normalized spacial score (nSPS) is 30.9. The minimum atomic E-state index is -2.92. The van der Waals surface area contributed by atoms with E-state index in [0.717, 1.165) is 6.42 Å². The van der Waals surface area contributed by atoms with Gasteiger partial charge in [0.25, 0.3) is 0 Å². The molecule has 1 fully saturated rings. The van der Waals surface area contributed by atoms with Gasteiger partial charge in [0.05, 0.1) is 11.5 Å². The number of alkyl halides is 1. The van der Waals surface area contributed by atoms with Crippen molar-refractivity contribution in [3.05, 3.63) is 0 Å². The van der Waals surface area contributed by atoms with E-state index in [2.05, 4.69) is 0 Å². The highest BCUT2D eigenvalue weighted by molar-refractivity contribution is 7.91. The highest BCUT2D eigenvalue weighted by atomic mass is 32.2. The topological polar surface area (TPSA) is 60.2 Å². The molecule has 0 aliphatic carbocycles. The van der Waals surface area contributed by atoms with E-state index in [1.54, 1.807) is 0 Å². The first-order valence-corrected chi connectivity index (χ1v) is 6.76. The Morgan fingerprint density at radius 1 is 1.57 bits per heavy atom. The molecule has 0 radical (unpaired) electrons. The van der Waals surface area contributed by atoms with Gasteiger partial charge in [0.15, 0.2) is 9.84 Å². The van der Waals surface area contributed by atoms with Crippen molar-refractivity contribution in [1.29, 1.82) is 0 Å². The Kier molecular flexibility index (Phi) is 3.53. The fourth-order valence-electron chi connectivity index (χ4n) is 1.96. The van der Waals surface area contributed by atoms with Crippen molar-refractivity contribution >= 4 is 9.84 Å². The Bertz CT molecular complexity index is 287. The van der Waals surface area contributed by atoms with Crippen molar-refractivity contribution in [3.8, 4) is 0 Å². The van der Waals surface area contributed by atoms with Crippen LogP contribution in [0, 0.1) is 5.92 Å².